The molecule has 0 aliphatic rings. The molecular weight excluding hydrogens is 288 g/mol. The molecule has 2 rings (SSSR count). The van der Waals surface area contributed by atoms with Crippen molar-refractivity contribution < 1.29 is 18.5 Å². The van der Waals surface area contributed by atoms with E-state index in [1.807, 2.05) is 0 Å². The van der Waals surface area contributed by atoms with E-state index in [-0.39, 0.29) is 0 Å². The minimum atomic E-state index is -1.40. The number of H-pyrrole nitrogens is 1. The Balaban J connectivity index is 2.29. The number of carbonyl (C=O) groups excluding carboxylic acids is 1. The molecular formula is C11H9F2N5O3. The van der Waals surface area contributed by atoms with Gasteiger partial charge >= 0.3 is 5.69 Å². The summed E-state index contributed by atoms with van der Waals surface area (Å²) in [5.41, 5.74) is -1.86. The molecule has 0 aliphatic carbocycles. The van der Waals surface area contributed by atoms with Crippen LogP contribution >= 0.6 is 0 Å². The summed E-state index contributed by atoms with van der Waals surface area (Å²) in [5, 5.41) is 19.0. The van der Waals surface area contributed by atoms with Gasteiger partial charge in [0.25, 0.3) is 5.91 Å². The summed E-state index contributed by atoms with van der Waals surface area (Å²) in [5.74, 6) is -3.18. The molecule has 1 atom stereocenters. The van der Waals surface area contributed by atoms with E-state index < -0.39 is 39.8 Å². The molecule has 0 radical (unpaired) electrons. The van der Waals surface area contributed by atoms with Gasteiger partial charge in [-0.2, -0.15) is 9.49 Å². The third kappa shape index (κ3) is 2.99. The molecule has 1 aromatic carbocycles. The average Bonchev–Trinajstić information content (AvgIpc) is 2.94. The predicted octanol–water partition coefficient (Wildman–Crippen LogP) is 1.48. The van der Waals surface area contributed by atoms with Crippen molar-refractivity contribution in [3.8, 4) is 0 Å². The third-order valence-corrected chi connectivity index (χ3v) is 2.65. The van der Waals surface area contributed by atoms with Crippen molar-refractivity contribution in [1.82, 2.24) is 20.5 Å². The van der Waals surface area contributed by atoms with E-state index in [9.17, 15) is 23.7 Å². The minimum absolute atomic E-state index is 0.301. The summed E-state index contributed by atoms with van der Waals surface area (Å²) in [6, 6.07) is 0.332. The van der Waals surface area contributed by atoms with Gasteiger partial charge in [0.2, 0.25) is 5.82 Å². The van der Waals surface area contributed by atoms with E-state index in [4.69, 9.17) is 0 Å². The van der Waals surface area contributed by atoms with Gasteiger partial charge in [0.15, 0.2) is 0 Å². The maximum Gasteiger partial charge on any atom is 0.308 e. The summed E-state index contributed by atoms with van der Waals surface area (Å²) in [6.45, 7) is 1.53. The predicted molar refractivity (Wildman–Crippen MR) is 65.3 cm³/mol. The highest BCUT2D eigenvalue weighted by molar-refractivity contribution is 5.95. The number of nitro groups is 1. The molecule has 2 aromatic rings. The third-order valence-electron chi connectivity index (χ3n) is 2.65. The highest BCUT2D eigenvalue weighted by atomic mass is 19.1. The van der Waals surface area contributed by atoms with Crippen LogP contribution in [0.15, 0.2) is 18.5 Å². The number of rotatable bonds is 4. The van der Waals surface area contributed by atoms with Crippen molar-refractivity contribution >= 4 is 11.6 Å². The highest BCUT2D eigenvalue weighted by Crippen LogP contribution is 2.23. The van der Waals surface area contributed by atoms with Gasteiger partial charge in [0.1, 0.15) is 18.0 Å². The van der Waals surface area contributed by atoms with Crippen LogP contribution in [0.3, 0.4) is 0 Å². The van der Waals surface area contributed by atoms with Crippen LogP contribution in [0.2, 0.25) is 0 Å². The second kappa shape index (κ2) is 5.61. The zero-order chi connectivity index (χ0) is 15.6. The fourth-order valence-electron chi connectivity index (χ4n) is 1.64. The average molecular weight is 297 g/mol. The fourth-order valence-corrected chi connectivity index (χ4v) is 1.64. The van der Waals surface area contributed by atoms with Crippen molar-refractivity contribution in [3.05, 3.63) is 51.6 Å². The quantitative estimate of drug-likeness (QED) is 0.655. The van der Waals surface area contributed by atoms with Crippen LogP contribution in [0.25, 0.3) is 0 Å². The number of nitrogens with one attached hydrogen (secondary N) is 2. The van der Waals surface area contributed by atoms with Crippen LogP contribution in [0.5, 0.6) is 0 Å². The Bertz CT molecular complexity index is 689. The summed E-state index contributed by atoms with van der Waals surface area (Å²) >= 11 is 0. The van der Waals surface area contributed by atoms with Crippen LogP contribution in [0.4, 0.5) is 14.5 Å². The smallest absolute Gasteiger partial charge is 0.308 e. The number of hydrogen-bond acceptors (Lipinski definition) is 5. The van der Waals surface area contributed by atoms with Gasteiger partial charge in [-0.1, -0.05) is 0 Å². The second-order valence-corrected chi connectivity index (χ2v) is 4.11. The molecule has 0 spiro atoms. The molecule has 0 fully saturated rings. The summed E-state index contributed by atoms with van der Waals surface area (Å²) < 4.78 is 27.1. The lowest BCUT2D eigenvalue weighted by Crippen LogP contribution is -2.28. The zero-order valence-corrected chi connectivity index (χ0v) is 10.6. The molecule has 8 nitrogen and oxygen atoms in total. The Labute approximate surface area is 116 Å². The number of aromatic amines is 1. The van der Waals surface area contributed by atoms with Gasteiger partial charge in [-0.25, -0.2) is 9.37 Å². The number of nitrogens with zero attached hydrogens (tertiary/aromatic N) is 3. The Morgan fingerprint density at radius 3 is 2.76 bits per heavy atom. The largest absolute Gasteiger partial charge is 0.342 e. The number of amides is 1. The molecule has 110 valence electrons. The van der Waals surface area contributed by atoms with Crippen LogP contribution in [-0.2, 0) is 0 Å². The lowest BCUT2D eigenvalue weighted by Gasteiger charge is -2.11. The van der Waals surface area contributed by atoms with Crippen molar-refractivity contribution in [3.63, 3.8) is 0 Å². The molecule has 0 aliphatic heterocycles. The molecule has 1 aromatic heterocycles. The number of hydrogen-bond donors (Lipinski definition) is 2. The topological polar surface area (TPSA) is 114 Å². The monoisotopic (exact) mass is 297 g/mol. The van der Waals surface area contributed by atoms with Crippen LogP contribution < -0.4 is 5.32 Å². The minimum Gasteiger partial charge on any atom is -0.342 e. The number of halogens is 2. The molecule has 10 heteroatoms. The SMILES string of the molecule is CC(NC(=O)c1cc(F)cc([N+](=O)[O-])c1F)c1ncn[nH]1. The molecule has 1 amide bonds. The maximum absolute atomic E-state index is 13.8. The van der Waals surface area contributed by atoms with Gasteiger partial charge in [0.05, 0.1) is 22.6 Å². The van der Waals surface area contributed by atoms with Crippen LogP contribution in [0.1, 0.15) is 29.1 Å². The Kier molecular flexibility index (Phi) is 3.87. The van der Waals surface area contributed by atoms with Crippen LogP contribution in [0, 0.1) is 21.7 Å². The Morgan fingerprint density at radius 1 is 1.48 bits per heavy atom. The molecule has 1 heterocycles. The fraction of sp³-hybridized carbons (Fsp3) is 0.182. The maximum atomic E-state index is 13.8. The first-order valence-electron chi connectivity index (χ1n) is 5.69. The van der Waals surface area contributed by atoms with E-state index in [1.54, 1.807) is 0 Å². The van der Waals surface area contributed by atoms with Gasteiger partial charge in [-0.05, 0) is 13.0 Å². The Hall–Kier alpha value is -2.91. The molecule has 0 saturated heterocycles. The van der Waals surface area contributed by atoms with E-state index in [0.717, 1.165) is 0 Å². The van der Waals surface area contributed by atoms with E-state index in [1.165, 1.54) is 13.3 Å². The van der Waals surface area contributed by atoms with Crippen LogP contribution in [-0.4, -0.2) is 26.0 Å². The molecule has 1 unspecified atom stereocenters. The van der Waals surface area contributed by atoms with Gasteiger partial charge in [-0.15, -0.1) is 0 Å². The molecule has 21 heavy (non-hydrogen) atoms. The van der Waals surface area contributed by atoms with E-state index >= 15 is 0 Å². The Morgan fingerprint density at radius 2 is 2.19 bits per heavy atom. The van der Waals surface area contributed by atoms with E-state index in [0.29, 0.717) is 18.0 Å². The lowest BCUT2D eigenvalue weighted by atomic mass is 10.1. The second-order valence-electron chi connectivity index (χ2n) is 4.11. The first-order valence-corrected chi connectivity index (χ1v) is 5.69. The highest BCUT2D eigenvalue weighted by Gasteiger charge is 2.25. The van der Waals surface area contributed by atoms with Crippen molar-refractivity contribution in [1.29, 1.82) is 0 Å². The number of carbonyl (C=O) groups is 1. The summed E-state index contributed by atoms with van der Waals surface area (Å²) in [4.78, 5) is 25.2. The first-order chi connectivity index (χ1) is 9.90. The first kappa shape index (κ1) is 14.5. The summed E-state index contributed by atoms with van der Waals surface area (Å²) in [7, 11) is 0. The van der Waals surface area contributed by atoms with Gasteiger partial charge in [0, 0.05) is 0 Å². The van der Waals surface area contributed by atoms with E-state index in [2.05, 4.69) is 20.5 Å². The normalized spacial score (nSPS) is 12.0. The number of aromatic nitrogens is 3. The van der Waals surface area contributed by atoms with Gasteiger partial charge in [-0.3, -0.25) is 20.0 Å². The van der Waals surface area contributed by atoms with Crippen molar-refractivity contribution in [2.45, 2.75) is 13.0 Å². The number of nitro benzene ring substituents is 1. The standard InChI is InChI=1S/C11H9F2N5O3/c1-5(10-14-4-15-17-10)16-11(19)7-2-6(12)3-8(9(7)13)18(20)21/h2-5H,1H3,(H,16,19)(H,14,15,17). The zero-order valence-electron chi connectivity index (χ0n) is 10.6. The molecule has 2 N–H and O–H groups in total. The molecule has 0 bridgehead atoms. The lowest BCUT2D eigenvalue weighted by molar-refractivity contribution is -0.387. The van der Waals surface area contributed by atoms with Crippen molar-refractivity contribution in [2.24, 2.45) is 0 Å². The van der Waals surface area contributed by atoms with Gasteiger partial charge < -0.3 is 5.32 Å². The number of benzene rings is 1. The van der Waals surface area contributed by atoms with Crippen molar-refractivity contribution in [2.75, 3.05) is 0 Å². The molecule has 0 saturated carbocycles. The summed E-state index contributed by atoms with van der Waals surface area (Å²) in [6.07, 6.45) is 1.21.